The van der Waals surface area contributed by atoms with Crippen molar-refractivity contribution in [2.75, 3.05) is 52.9 Å². The van der Waals surface area contributed by atoms with E-state index in [0.29, 0.717) is 12.0 Å². The number of morpholine rings is 1. The fourth-order valence-corrected chi connectivity index (χ4v) is 5.21. The summed E-state index contributed by atoms with van der Waals surface area (Å²) in [6, 6.07) is 0.877. The van der Waals surface area contributed by atoms with Gasteiger partial charge in [-0.1, -0.05) is 0 Å². The molecule has 3 aliphatic heterocycles. The van der Waals surface area contributed by atoms with Crippen molar-refractivity contribution in [2.24, 2.45) is 10.9 Å². The Morgan fingerprint density at radius 3 is 2.56 bits per heavy atom. The zero-order valence-electron chi connectivity index (χ0n) is 20.5. The van der Waals surface area contributed by atoms with E-state index in [1.165, 1.54) is 32.2 Å². The summed E-state index contributed by atoms with van der Waals surface area (Å²) in [6.07, 6.45) is 7.00. The van der Waals surface area contributed by atoms with Gasteiger partial charge in [-0.2, -0.15) is 0 Å². The van der Waals surface area contributed by atoms with Crippen LogP contribution in [0.3, 0.4) is 0 Å². The number of rotatable bonds is 5. The van der Waals surface area contributed by atoms with Gasteiger partial charge in [0.2, 0.25) is 0 Å². The maximum atomic E-state index is 12.9. The number of aliphatic imine (C=N–C) groups is 1. The molecule has 2 unspecified atom stereocenters. The number of ether oxygens (including phenoxy) is 2. The Balaban J connectivity index is 1.25. The third kappa shape index (κ3) is 6.28. The summed E-state index contributed by atoms with van der Waals surface area (Å²) in [5.41, 5.74) is -0.457. The number of amides is 1. The Morgan fingerprint density at radius 1 is 1.16 bits per heavy atom. The number of hydrogen-bond acceptors (Lipinski definition) is 5. The number of piperidine rings is 1. The average Bonchev–Trinajstić information content (AvgIpc) is 3.46. The molecular weight excluding hydrogens is 406 g/mol. The Kier molecular flexibility index (Phi) is 7.50. The van der Waals surface area contributed by atoms with Crippen LogP contribution in [0, 0.1) is 5.92 Å². The van der Waals surface area contributed by atoms with Crippen LogP contribution in [0.5, 0.6) is 0 Å². The highest BCUT2D eigenvalue weighted by Crippen LogP contribution is 2.32. The SMILES string of the molecule is CN=C(NCC1CN2CCCC2CO1)N1CCC(N(CC2CC2)C(=O)OC(C)(C)C)CC1. The molecule has 3 heterocycles. The van der Waals surface area contributed by atoms with Gasteiger partial charge < -0.3 is 24.6 Å². The highest BCUT2D eigenvalue weighted by molar-refractivity contribution is 5.80. The lowest BCUT2D eigenvalue weighted by atomic mass is 10.0. The molecule has 2 atom stereocenters. The van der Waals surface area contributed by atoms with Crippen molar-refractivity contribution in [3.63, 3.8) is 0 Å². The van der Waals surface area contributed by atoms with Crippen molar-refractivity contribution >= 4 is 12.1 Å². The summed E-state index contributed by atoms with van der Waals surface area (Å²) < 4.78 is 11.8. The van der Waals surface area contributed by atoms with Crippen molar-refractivity contribution in [1.29, 1.82) is 0 Å². The largest absolute Gasteiger partial charge is 0.444 e. The number of carbonyl (C=O) groups excluding carboxylic acids is 1. The van der Waals surface area contributed by atoms with Gasteiger partial charge in [-0.25, -0.2) is 4.79 Å². The van der Waals surface area contributed by atoms with Gasteiger partial charge in [0.15, 0.2) is 5.96 Å². The monoisotopic (exact) mass is 449 g/mol. The van der Waals surface area contributed by atoms with Crippen molar-refractivity contribution < 1.29 is 14.3 Å². The van der Waals surface area contributed by atoms with Gasteiger partial charge in [-0.15, -0.1) is 0 Å². The average molecular weight is 450 g/mol. The molecule has 1 aliphatic carbocycles. The zero-order valence-corrected chi connectivity index (χ0v) is 20.5. The molecule has 4 fully saturated rings. The number of carbonyl (C=O) groups is 1. The van der Waals surface area contributed by atoms with Gasteiger partial charge in [0.05, 0.1) is 12.7 Å². The molecule has 0 spiro atoms. The predicted molar refractivity (Wildman–Crippen MR) is 126 cm³/mol. The fourth-order valence-electron chi connectivity index (χ4n) is 5.21. The lowest BCUT2D eigenvalue weighted by Crippen LogP contribution is -2.55. The van der Waals surface area contributed by atoms with Gasteiger partial charge in [0, 0.05) is 51.9 Å². The van der Waals surface area contributed by atoms with Crippen LogP contribution in [-0.2, 0) is 9.47 Å². The van der Waals surface area contributed by atoms with E-state index in [0.717, 1.165) is 58.1 Å². The first-order chi connectivity index (χ1) is 15.3. The predicted octanol–water partition coefficient (Wildman–Crippen LogP) is 2.54. The molecule has 1 saturated carbocycles. The molecule has 1 amide bonds. The molecule has 0 radical (unpaired) electrons. The standard InChI is InChI=1S/C24H43N5O3/c1-24(2,3)32-23(30)29(15-18-7-8-18)19-9-12-27(13-10-19)22(25-4)26-14-21-16-28-11-5-6-20(28)17-31-21/h18-21H,5-17H2,1-4H3,(H,25,26). The molecule has 8 heteroatoms. The van der Waals surface area contributed by atoms with Crippen LogP contribution in [0.1, 0.15) is 59.3 Å². The second-order valence-corrected chi connectivity index (χ2v) is 11.0. The summed E-state index contributed by atoms with van der Waals surface area (Å²) >= 11 is 0. The lowest BCUT2D eigenvalue weighted by Gasteiger charge is -2.40. The third-order valence-electron chi connectivity index (χ3n) is 7.15. The topological polar surface area (TPSA) is 69.6 Å². The van der Waals surface area contributed by atoms with E-state index in [4.69, 9.17) is 9.47 Å². The van der Waals surface area contributed by atoms with Crippen molar-refractivity contribution in [3.05, 3.63) is 0 Å². The molecule has 0 aromatic heterocycles. The smallest absolute Gasteiger partial charge is 0.410 e. The van der Waals surface area contributed by atoms with E-state index in [9.17, 15) is 4.79 Å². The first-order valence-electron chi connectivity index (χ1n) is 12.6. The molecule has 4 aliphatic rings. The number of nitrogens with one attached hydrogen (secondary N) is 1. The highest BCUT2D eigenvalue weighted by Gasteiger charge is 2.36. The number of likely N-dealkylation sites (tertiary alicyclic amines) is 1. The molecule has 4 rings (SSSR count). The molecule has 8 nitrogen and oxygen atoms in total. The molecule has 1 N–H and O–H groups in total. The van der Waals surface area contributed by atoms with Crippen LogP contribution in [0.25, 0.3) is 0 Å². The number of fused-ring (bicyclic) bond motifs is 1. The minimum atomic E-state index is -0.457. The molecule has 0 bridgehead atoms. The molecule has 182 valence electrons. The van der Waals surface area contributed by atoms with E-state index < -0.39 is 5.60 Å². The quantitative estimate of drug-likeness (QED) is 0.514. The summed E-state index contributed by atoms with van der Waals surface area (Å²) in [7, 11) is 1.85. The van der Waals surface area contributed by atoms with Crippen LogP contribution in [0.4, 0.5) is 4.79 Å². The van der Waals surface area contributed by atoms with E-state index in [2.05, 4.69) is 20.1 Å². The minimum Gasteiger partial charge on any atom is -0.444 e. The van der Waals surface area contributed by atoms with Gasteiger partial charge in [-0.05, 0) is 71.8 Å². The molecule has 3 saturated heterocycles. The zero-order chi connectivity index (χ0) is 22.7. The summed E-state index contributed by atoms with van der Waals surface area (Å²) in [5.74, 6) is 1.60. The van der Waals surface area contributed by atoms with Gasteiger partial charge >= 0.3 is 6.09 Å². The Labute approximate surface area is 193 Å². The summed E-state index contributed by atoms with van der Waals surface area (Å²) in [6.45, 7) is 12.3. The van der Waals surface area contributed by atoms with Crippen molar-refractivity contribution in [3.8, 4) is 0 Å². The van der Waals surface area contributed by atoms with E-state index in [-0.39, 0.29) is 18.2 Å². The lowest BCUT2D eigenvalue weighted by molar-refractivity contribution is -0.0455. The first-order valence-corrected chi connectivity index (χ1v) is 12.6. The van der Waals surface area contributed by atoms with Crippen LogP contribution in [0.15, 0.2) is 4.99 Å². The van der Waals surface area contributed by atoms with Gasteiger partial charge in [0.25, 0.3) is 0 Å². The third-order valence-corrected chi connectivity index (χ3v) is 7.15. The number of guanidine groups is 1. The first kappa shape index (κ1) is 23.6. The Bertz CT molecular complexity index is 667. The maximum absolute atomic E-state index is 12.9. The number of nitrogens with zero attached hydrogens (tertiary/aromatic N) is 4. The maximum Gasteiger partial charge on any atom is 0.410 e. The van der Waals surface area contributed by atoms with E-state index in [1.54, 1.807) is 0 Å². The van der Waals surface area contributed by atoms with Crippen LogP contribution >= 0.6 is 0 Å². The van der Waals surface area contributed by atoms with Crippen molar-refractivity contribution in [2.45, 2.75) is 83.1 Å². The van der Waals surface area contributed by atoms with Crippen LogP contribution in [0.2, 0.25) is 0 Å². The minimum absolute atomic E-state index is 0.153. The Hall–Kier alpha value is -1.54. The van der Waals surface area contributed by atoms with E-state index >= 15 is 0 Å². The van der Waals surface area contributed by atoms with E-state index in [1.807, 2.05) is 32.7 Å². The normalized spacial score (nSPS) is 27.9. The number of hydrogen-bond donors (Lipinski definition) is 1. The Morgan fingerprint density at radius 2 is 1.91 bits per heavy atom. The second-order valence-electron chi connectivity index (χ2n) is 11.0. The summed E-state index contributed by atoms with van der Waals surface area (Å²) in [4.78, 5) is 24.3. The van der Waals surface area contributed by atoms with Crippen LogP contribution in [-0.4, -0.2) is 103 Å². The second kappa shape index (κ2) is 10.2. The van der Waals surface area contributed by atoms with Gasteiger partial charge in [-0.3, -0.25) is 9.89 Å². The molecule has 0 aromatic carbocycles. The van der Waals surface area contributed by atoms with Crippen molar-refractivity contribution in [1.82, 2.24) is 20.0 Å². The molecule has 32 heavy (non-hydrogen) atoms. The molecular formula is C24H43N5O3. The van der Waals surface area contributed by atoms with Crippen LogP contribution < -0.4 is 5.32 Å². The van der Waals surface area contributed by atoms with Gasteiger partial charge in [0.1, 0.15) is 5.60 Å². The summed E-state index contributed by atoms with van der Waals surface area (Å²) in [5, 5.41) is 3.55. The fraction of sp³-hybridized carbons (Fsp3) is 0.917. The molecule has 0 aromatic rings. The highest BCUT2D eigenvalue weighted by atomic mass is 16.6.